The average Bonchev–Trinajstić information content (AvgIpc) is 2.54. The molecule has 0 aromatic carbocycles. The predicted octanol–water partition coefficient (Wildman–Crippen LogP) is 1.59. The molecule has 1 aromatic heterocycles. The van der Waals surface area contributed by atoms with E-state index in [1.807, 2.05) is 19.1 Å². The van der Waals surface area contributed by atoms with Crippen molar-refractivity contribution in [2.24, 2.45) is 5.73 Å². The lowest BCUT2D eigenvalue weighted by molar-refractivity contribution is 0.404. The first-order chi connectivity index (χ1) is 6.27. The van der Waals surface area contributed by atoms with Gasteiger partial charge in [0.15, 0.2) is 0 Å². The van der Waals surface area contributed by atoms with Crippen LogP contribution in [-0.2, 0) is 0 Å². The van der Waals surface area contributed by atoms with Crippen LogP contribution in [-0.4, -0.2) is 13.1 Å². The summed E-state index contributed by atoms with van der Waals surface area (Å²) in [5, 5.41) is 3.33. The van der Waals surface area contributed by atoms with Crippen LogP contribution < -0.4 is 11.1 Å². The Balaban J connectivity index is 2.56. The first-order valence-electron chi connectivity index (χ1n) is 4.77. The maximum absolute atomic E-state index is 5.63. The van der Waals surface area contributed by atoms with Gasteiger partial charge in [0.1, 0.15) is 11.5 Å². The number of rotatable bonds is 5. The van der Waals surface area contributed by atoms with Crippen molar-refractivity contribution >= 4 is 0 Å². The zero-order valence-electron chi connectivity index (χ0n) is 8.34. The molecule has 0 radical (unpaired) electrons. The first-order valence-corrected chi connectivity index (χ1v) is 4.77. The number of hydrogen-bond donors (Lipinski definition) is 2. The molecule has 0 saturated carbocycles. The summed E-state index contributed by atoms with van der Waals surface area (Å²) in [5.74, 6) is 1.88. The zero-order valence-corrected chi connectivity index (χ0v) is 8.34. The summed E-state index contributed by atoms with van der Waals surface area (Å²) in [7, 11) is 0. The molecule has 1 heterocycles. The summed E-state index contributed by atoms with van der Waals surface area (Å²) in [6, 6.07) is 4.11. The Kier molecular flexibility index (Phi) is 3.99. The summed E-state index contributed by atoms with van der Waals surface area (Å²) in [6.07, 6.45) is 1.11. The summed E-state index contributed by atoms with van der Waals surface area (Å²) < 4.78 is 5.49. The quantitative estimate of drug-likeness (QED) is 0.727. The van der Waals surface area contributed by atoms with Gasteiger partial charge >= 0.3 is 0 Å². The SMILES string of the molecule is CCCNC(CN)c1ccc(C)o1. The Morgan fingerprint density at radius 3 is 2.77 bits per heavy atom. The largest absolute Gasteiger partial charge is 0.465 e. The van der Waals surface area contributed by atoms with Gasteiger partial charge in [0.25, 0.3) is 0 Å². The molecule has 1 atom stereocenters. The third kappa shape index (κ3) is 2.86. The van der Waals surface area contributed by atoms with Crippen molar-refractivity contribution in [1.82, 2.24) is 5.32 Å². The molecule has 74 valence electrons. The topological polar surface area (TPSA) is 51.2 Å². The van der Waals surface area contributed by atoms with Crippen molar-refractivity contribution in [3.63, 3.8) is 0 Å². The van der Waals surface area contributed by atoms with Crippen LogP contribution in [0.2, 0.25) is 0 Å². The fourth-order valence-electron chi connectivity index (χ4n) is 1.26. The second kappa shape index (κ2) is 5.04. The summed E-state index contributed by atoms with van der Waals surface area (Å²) in [6.45, 7) is 5.62. The molecular weight excluding hydrogens is 164 g/mol. The highest BCUT2D eigenvalue weighted by Crippen LogP contribution is 2.14. The van der Waals surface area contributed by atoms with Crippen molar-refractivity contribution in [3.8, 4) is 0 Å². The maximum Gasteiger partial charge on any atom is 0.122 e. The summed E-state index contributed by atoms with van der Waals surface area (Å²) >= 11 is 0. The molecule has 0 aliphatic heterocycles. The van der Waals surface area contributed by atoms with Gasteiger partial charge in [-0.05, 0) is 32.0 Å². The molecule has 3 N–H and O–H groups in total. The van der Waals surface area contributed by atoms with E-state index in [1.165, 1.54) is 0 Å². The van der Waals surface area contributed by atoms with Crippen molar-refractivity contribution in [2.45, 2.75) is 26.3 Å². The Labute approximate surface area is 79.3 Å². The predicted molar refractivity (Wildman–Crippen MR) is 53.5 cm³/mol. The van der Waals surface area contributed by atoms with Crippen LogP contribution in [0.1, 0.15) is 30.9 Å². The van der Waals surface area contributed by atoms with Gasteiger partial charge in [0, 0.05) is 6.54 Å². The van der Waals surface area contributed by atoms with Crippen LogP contribution in [0.5, 0.6) is 0 Å². The van der Waals surface area contributed by atoms with Gasteiger partial charge < -0.3 is 15.5 Å². The maximum atomic E-state index is 5.63. The number of aryl methyl sites for hydroxylation is 1. The van der Waals surface area contributed by atoms with Crippen molar-refractivity contribution in [3.05, 3.63) is 23.7 Å². The van der Waals surface area contributed by atoms with E-state index >= 15 is 0 Å². The van der Waals surface area contributed by atoms with Gasteiger partial charge in [-0.2, -0.15) is 0 Å². The molecule has 0 saturated heterocycles. The number of nitrogens with one attached hydrogen (secondary N) is 1. The number of nitrogens with two attached hydrogens (primary N) is 1. The standard InChI is InChI=1S/C10H18N2O/c1-3-6-12-9(7-11)10-5-4-8(2)13-10/h4-5,9,12H,3,6-7,11H2,1-2H3. The van der Waals surface area contributed by atoms with E-state index in [0.717, 1.165) is 24.5 Å². The van der Waals surface area contributed by atoms with Crippen LogP contribution in [0, 0.1) is 6.92 Å². The van der Waals surface area contributed by atoms with Gasteiger partial charge in [-0.15, -0.1) is 0 Å². The Hall–Kier alpha value is -0.800. The lowest BCUT2D eigenvalue weighted by Crippen LogP contribution is -2.28. The molecule has 3 heteroatoms. The van der Waals surface area contributed by atoms with Gasteiger partial charge in [-0.3, -0.25) is 0 Å². The monoisotopic (exact) mass is 182 g/mol. The molecule has 13 heavy (non-hydrogen) atoms. The Morgan fingerprint density at radius 2 is 2.31 bits per heavy atom. The minimum Gasteiger partial charge on any atom is -0.465 e. The van der Waals surface area contributed by atoms with E-state index in [1.54, 1.807) is 0 Å². The third-order valence-electron chi connectivity index (χ3n) is 1.98. The third-order valence-corrected chi connectivity index (χ3v) is 1.98. The molecule has 0 bridgehead atoms. The van der Waals surface area contributed by atoms with E-state index in [9.17, 15) is 0 Å². The lowest BCUT2D eigenvalue weighted by Gasteiger charge is -2.13. The van der Waals surface area contributed by atoms with Crippen LogP contribution in [0.15, 0.2) is 16.5 Å². The molecular formula is C10H18N2O. The first kappa shape index (κ1) is 10.3. The number of hydrogen-bond acceptors (Lipinski definition) is 3. The van der Waals surface area contributed by atoms with Gasteiger partial charge in [0.05, 0.1) is 6.04 Å². The molecule has 1 rings (SSSR count). The van der Waals surface area contributed by atoms with Gasteiger partial charge in [-0.1, -0.05) is 6.92 Å². The van der Waals surface area contributed by atoms with Gasteiger partial charge in [0.2, 0.25) is 0 Å². The molecule has 1 aromatic rings. The number of furan rings is 1. The van der Waals surface area contributed by atoms with E-state index in [4.69, 9.17) is 10.2 Å². The zero-order chi connectivity index (χ0) is 9.68. The van der Waals surface area contributed by atoms with Crippen molar-refractivity contribution < 1.29 is 4.42 Å². The molecule has 0 fully saturated rings. The second-order valence-electron chi connectivity index (χ2n) is 3.19. The molecule has 0 aliphatic rings. The molecule has 0 amide bonds. The fourth-order valence-corrected chi connectivity index (χ4v) is 1.26. The molecule has 0 aliphatic carbocycles. The average molecular weight is 182 g/mol. The van der Waals surface area contributed by atoms with E-state index in [2.05, 4.69) is 12.2 Å². The smallest absolute Gasteiger partial charge is 0.122 e. The van der Waals surface area contributed by atoms with Gasteiger partial charge in [-0.25, -0.2) is 0 Å². The van der Waals surface area contributed by atoms with Crippen molar-refractivity contribution in [2.75, 3.05) is 13.1 Å². The van der Waals surface area contributed by atoms with Crippen LogP contribution >= 0.6 is 0 Å². The van der Waals surface area contributed by atoms with E-state index < -0.39 is 0 Å². The minimum absolute atomic E-state index is 0.161. The molecule has 1 unspecified atom stereocenters. The highest BCUT2D eigenvalue weighted by Gasteiger charge is 2.11. The lowest BCUT2D eigenvalue weighted by atomic mass is 10.2. The summed E-state index contributed by atoms with van der Waals surface area (Å²) in [5.41, 5.74) is 5.63. The Morgan fingerprint density at radius 1 is 1.54 bits per heavy atom. The van der Waals surface area contributed by atoms with Crippen LogP contribution in [0.25, 0.3) is 0 Å². The van der Waals surface area contributed by atoms with E-state index in [0.29, 0.717) is 6.54 Å². The van der Waals surface area contributed by atoms with Crippen LogP contribution in [0.3, 0.4) is 0 Å². The second-order valence-corrected chi connectivity index (χ2v) is 3.19. The Bertz CT molecular complexity index is 245. The van der Waals surface area contributed by atoms with E-state index in [-0.39, 0.29) is 6.04 Å². The highest BCUT2D eigenvalue weighted by molar-refractivity contribution is 5.09. The fraction of sp³-hybridized carbons (Fsp3) is 0.600. The highest BCUT2D eigenvalue weighted by atomic mass is 16.3. The molecule has 3 nitrogen and oxygen atoms in total. The molecule has 0 spiro atoms. The van der Waals surface area contributed by atoms with Crippen LogP contribution in [0.4, 0.5) is 0 Å². The van der Waals surface area contributed by atoms with Crippen molar-refractivity contribution in [1.29, 1.82) is 0 Å². The normalized spacial score (nSPS) is 13.2. The minimum atomic E-state index is 0.161. The summed E-state index contributed by atoms with van der Waals surface area (Å²) in [4.78, 5) is 0.